The number of allylic oxidation sites excluding steroid dienone is 7. The number of unbranched alkanes of at least 4 members (excludes halogenated alkanes) is 1. The molecule has 0 amide bonds. The van der Waals surface area contributed by atoms with Crippen LogP contribution in [0.25, 0.3) is 5.69 Å². The van der Waals surface area contributed by atoms with Crippen molar-refractivity contribution >= 4 is 11.6 Å². The van der Waals surface area contributed by atoms with E-state index in [0.717, 1.165) is 56.4 Å². The monoisotopic (exact) mass is 649 g/mol. The van der Waals surface area contributed by atoms with Crippen molar-refractivity contribution in [3.05, 3.63) is 108 Å². The van der Waals surface area contributed by atoms with Crippen molar-refractivity contribution in [2.75, 3.05) is 0 Å². The van der Waals surface area contributed by atoms with Gasteiger partial charge in [-0.1, -0.05) is 96.6 Å². The van der Waals surface area contributed by atoms with Crippen molar-refractivity contribution < 1.29 is 9.59 Å². The maximum atomic E-state index is 11.4. The number of nitriles is 1. The quantitative estimate of drug-likeness (QED) is 0.0970. The molecule has 0 spiro atoms. The lowest BCUT2D eigenvalue weighted by Gasteiger charge is -2.17. The molecule has 1 aromatic heterocycles. The zero-order valence-electron chi connectivity index (χ0n) is 30.6. The molecule has 2 aliphatic rings. The topological polar surface area (TPSA) is 75.8 Å². The van der Waals surface area contributed by atoms with E-state index in [1.807, 2.05) is 18.2 Å². The first-order valence-electron chi connectivity index (χ1n) is 18.0. The summed E-state index contributed by atoms with van der Waals surface area (Å²) in [6, 6.07) is 11.4. The predicted molar refractivity (Wildman–Crippen MR) is 201 cm³/mol. The Labute approximate surface area is 291 Å². The van der Waals surface area contributed by atoms with Gasteiger partial charge < -0.3 is 0 Å². The normalized spacial score (nSPS) is 15.2. The van der Waals surface area contributed by atoms with Crippen LogP contribution in [0.4, 0.5) is 0 Å². The standard InChI is InChI=1S/C24H34N2.C15H19NO.C4H6O/c1-5-9-18(8-4)24-22(10-6-2)25-26(23(24)11-7-3)21-16-14-20(15-17-21)19-12-13-19;1-4-5-6-14(13(3)17)8-7-12(2)15(11-16)9-10-15;1-3-4(2)5/h6,14-19H,2,5,7-13H2,1,3-4H3;6-8H,2,4-5,9-10H2,1,3H3;3H,1H2,2H3/b;8-7-,14-6+;. The fraction of sp³-hybridized carbons (Fsp3) is 0.488. The van der Waals surface area contributed by atoms with Gasteiger partial charge in [0.1, 0.15) is 0 Å². The summed E-state index contributed by atoms with van der Waals surface area (Å²) in [5.41, 5.74) is 8.04. The first-order valence-corrected chi connectivity index (χ1v) is 18.0. The van der Waals surface area contributed by atoms with Gasteiger partial charge in [0.2, 0.25) is 0 Å². The van der Waals surface area contributed by atoms with Crippen molar-refractivity contribution in [3.63, 3.8) is 0 Å². The number of nitrogens with zero attached hydrogens (tertiary/aromatic N) is 3. The van der Waals surface area contributed by atoms with E-state index >= 15 is 0 Å². The average Bonchev–Trinajstić information content (AvgIpc) is 4.02. The molecule has 1 atom stereocenters. The number of carbonyl (C=O) groups is 2. The maximum Gasteiger partial charge on any atom is 0.159 e. The van der Waals surface area contributed by atoms with Crippen LogP contribution < -0.4 is 0 Å². The summed E-state index contributed by atoms with van der Waals surface area (Å²) >= 11 is 0. The fourth-order valence-corrected chi connectivity index (χ4v) is 5.78. The van der Waals surface area contributed by atoms with Crippen LogP contribution in [0.2, 0.25) is 0 Å². The van der Waals surface area contributed by atoms with Gasteiger partial charge >= 0.3 is 0 Å². The maximum absolute atomic E-state index is 11.4. The van der Waals surface area contributed by atoms with E-state index in [0.29, 0.717) is 11.5 Å². The molecular weight excluding hydrogens is 590 g/mol. The third-order valence-corrected chi connectivity index (χ3v) is 9.04. The minimum atomic E-state index is -0.344. The van der Waals surface area contributed by atoms with Gasteiger partial charge in [-0.3, -0.25) is 9.59 Å². The Balaban J connectivity index is 0.000000313. The molecule has 2 saturated carbocycles. The molecule has 4 rings (SSSR count). The highest BCUT2D eigenvalue weighted by atomic mass is 16.1. The highest BCUT2D eigenvalue weighted by Gasteiger charge is 2.44. The molecule has 1 unspecified atom stereocenters. The molecule has 1 heterocycles. The van der Waals surface area contributed by atoms with Crippen molar-refractivity contribution in [1.82, 2.24) is 9.78 Å². The lowest BCUT2D eigenvalue weighted by molar-refractivity contribution is -0.113. The fourth-order valence-electron chi connectivity index (χ4n) is 5.78. The number of Topliss-reactive ketones (excluding diaryl/α,β-unsaturated/α-hetero) is 1. The van der Waals surface area contributed by atoms with Crippen molar-refractivity contribution in [1.29, 1.82) is 5.26 Å². The molecule has 5 nitrogen and oxygen atoms in total. The average molecular weight is 650 g/mol. The number of hydrogen-bond acceptors (Lipinski definition) is 4. The number of benzene rings is 1. The number of aromatic nitrogens is 2. The third-order valence-electron chi connectivity index (χ3n) is 9.04. The molecule has 1 aromatic carbocycles. The zero-order chi connectivity index (χ0) is 35.7. The lowest BCUT2D eigenvalue weighted by Crippen LogP contribution is -2.06. The van der Waals surface area contributed by atoms with E-state index in [1.165, 1.54) is 73.3 Å². The summed E-state index contributed by atoms with van der Waals surface area (Å²) in [6.07, 6.45) is 22.0. The highest BCUT2D eigenvalue weighted by molar-refractivity contribution is 5.96. The van der Waals surface area contributed by atoms with Gasteiger partial charge in [0.05, 0.1) is 22.9 Å². The number of rotatable bonds is 17. The van der Waals surface area contributed by atoms with Crippen LogP contribution in [-0.2, 0) is 22.4 Å². The van der Waals surface area contributed by atoms with Crippen molar-refractivity contribution in [2.45, 2.75) is 130 Å². The van der Waals surface area contributed by atoms with E-state index in [2.05, 4.69) is 82.4 Å². The number of hydrogen-bond donors (Lipinski definition) is 0. The summed E-state index contributed by atoms with van der Waals surface area (Å²) < 4.78 is 2.23. The van der Waals surface area contributed by atoms with E-state index in [9.17, 15) is 9.59 Å². The molecule has 0 aliphatic heterocycles. The molecular formula is C43H59N3O2. The molecule has 48 heavy (non-hydrogen) atoms. The number of ketones is 2. The molecule has 2 aliphatic carbocycles. The second-order valence-electron chi connectivity index (χ2n) is 13.1. The first kappa shape index (κ1) is 40.1. The Morgan fingerprint density at radius 1 is 1.04 bits per heavy atom. The Hall–Kier alpha value is -4.04. The van der Waals surface area contributed by atoms with Gasteiger partial charge in [-0.15, -0.1) is 6.58 Å². The van der Waals surface area contributed by atoms with Crippen LogP contribution in [0.5, 0.6) is 0 Å². The molecule has 0 bridgehead atoms. The lowest BCUT2D eigenvalue weighted by atomic mass is 9.88. The molecule has 5 heteroatoms. The van der Waals surface area contributed by atoms with Crippen LogP contribution in [0, 0.1) is 16.7 Å². The molecule has 0 saturated heterocycles. The van der Waals surface area contributed by atoms with Crippen LogP contribution in [0.15, 0.2) is 85.5 Å². The van der Waals surface area contributed by atoms with Crippen LogP contribution in [0.1, 0.15) is 140 Å². The van der Waals surface area contributed by atoms with Gasteiger partial charge in [0.25, 0.3) is 0 Å². The molecule has 2 aromatic rings. The Morgan fingerprint density at radius 2 is 1.69 bits per heavy atom. The minimum absolute atomic E-state index is 0.0185. The predicted octanol–water partition coefficient (Wildman–Crippen LogP) is 11.2. The summed E-state index contributed by atoms with van der Waals surface area (Å²) in [5.74, 6) is 1.49. The highest BCUT2D eigenvalue weighted by Crippen LogP contribution is 2.51. The molecule has 0 N–H and O–H groups in total. The first-order chi connectivity index (χ1) is 23.1. The van der Waals surface area contributed by atoms with Crippen LogP contribution >= 0.6 is 0 Å². The third kappa shape index (κ3) is 11.9. The van der Waals surface area contributed by atoms with E-state index < -0.39 is 0 Å². The van der Waals surface area contributed by atoms with E-state index in [4.69, 9.17) is 10.4 Å². The summed E-state index contributed by atoms with van der Waals surface area (Å²) in [7, 11) is 0. The van der Waals surface area contributed by atoms with Crippen molar-refractivity contribution in [3.8, 4) is 11.8 Å². The van der Waals surface area contributed by atoms with Gasteiger partial charge in [-0.2, -0.15) is 10.4 Å². The zero-order valence-corrected chi connectivity index (χ0v) is 30.6. The Morgan fingerprint density at radius 3 is 2.12 bits per heavy atom. The van der Waals surface area contributed by atoms with Gasteiger partial charge in [-0.05, 0) is 106 Å². The van der Waals surface area contributed by atoms with Crippen LogP contribution in [0.3, 0.4) is 0 Å². The molecule has 2 fully saturated rings. The number of carbonyl (C=O) groups excluding carboxylic acids is 2. The Bertz CT molecular complexity index is 1490. The van der Waals surface area contributed by atoms with E-state index in [-0.39, 0.29) is 17.0 Å². The second-order valence-corrected chi connectivity index (χ2v) is 13.1. The SMILES string of the molecule is C=C(/C=C\C(=C/CCC)C(C)=O)C1(C#N)CC1.C=CC(C)=O.C=CCc1nn(-c2ccc(C3CC3)cc2)c(CCC)c1C(CC)CCC. The molecule has 0 radical (unpaired) electrons. The van der Waals surface area contributed by atoms with Crippen LogP contribution in [-0.4, -0.2) is 21.3 Å². The minimum Gasteiger partial charge on any atom is -0.295 e. The second kappa shape index (κ2) is 20.4. The molecule has 258 valence electrons. The summed E-state index contributed by atoms with van der Waals surface area (Å²) in [6.45, 7) is 23.1. The summed E-state index contributed by atoms with van der Waals surface area (Å²) in [5, 5.41) is 14.1. The smallest absolute Gasteiger partial charge is 0.159 e. The van der Waals surface area contributed by atoms with Gasteiger partial charge in [0.15, 0.2) is 11.6 Å². The largest absolute Gasteiger partial charge is 0.295 e. The summed E-state index contributed by atoms with van der Waals surface area (Å²) in [4.78, 5) is 21.1. The Kier molecular flexibility index (Phi) is 17.0. The van der Waals surface area contributed by atoms with Crippen molar-refractivity contribution in [2.24, 2.45) is 5.41 Å². The van der Waals surface area contributed by atoms with Gasteiger partial charge in [-0.25, -0.2) is 4.68 Å². The van der Waals surface area contributed by atoms with Gasteiger partial charge in [0, 0.05) is 23.3 Å². The van der Waals surface area contributed by atoms with E-state index in [1.54, 1.807) is 13.0 Å².